The zero-order valence-corrected chi connectivity index (χ0v) is 34.1. The third-order valence-corrected chi connectivity index (χ3v) is 14.1. The fourth-order valence-electron chi connectivity index (χ4n) is 8.86. The van der Waals surface area contributed by atoms with Crippen molar-refractivity contribution in [3.05, 3.63) is 218 Å². The molecule has 0 bridgehead atoms. The van der Waals surface area contributed by atoms with Gasteiger partial charge in [0.2, 0.25) is 0 Å². The van der Waals surface area contributed by atoms with E-state index in [4.69, 9.17) is 0 Å². The van der Waals surface area contributed by atoms with Crippen LogP contribution in [0.5, 0.6) is 0 Å². The monoisotopic (exact) mass is 800 g/mol. The molecule has 0 atom stereocenters. The summed E-state index contributed by atoms with van der Waals surface area (Å²) >= 11 is 3.71. The van der Waals surface area contributed by atoms with Crippen LogP contribution in [0.3, 0.4) is 0 Å². The molecule has 282 valence electrons. The molecule has 0 radical (unpaired) electrons. The fraction of sp³-hybridized carbons (Fsp3) is 0. The maximum absolute atomic E-state index is 2.37. The molecule has 2 aromatic heterocycles. The number of thiophene rings is 2. The van der Waals surface area contributed by atoms with Gasteiger partial charge in [0, 0.05) is 74.5 Å². The average molecular weight is 801 g/mol. The van der Waals surface area contributed by atoms with Crippen LogP contribution in [0.2, 0.25) is 0 Å². The first-order valence-corrected chi connectivity index (χ1v) is 21.9. The van der Waals surface area contributed by atoms with Gasteiger partial charge in [0.1, 0.15) is 0 Å². The van der Waals surface area contributed by atoms with E-state index in [9.17, 15) is 0 Å². The molecule has 0 unspecified atom stereocenters. The predicted molar refractivity (Wildman–Crippen MR) is 262 cm³/mol. The van der Waals surface area contributed by atoms with E-state index in [0.29, 0.717) is 0 Å². The lowest BCUT2D eigenvalue weighted by atomic mass is 9.98. The topological polar surface area (TPSA) is 6.48 Å². The number of nitrogens with zero attached hydrogens (tertiary/aromatic N) is 2. The Morgan fingerprint density at radius 2 is 0.583 bits per heavy atom. The molecule has 2 nitrogen and oxygen atoms in total. The van der Waals surface area contributed by atoms with Gasteiger partial charge in [0.15, 0.2) is 0 Å². The van der Waals surface area contributed by atoms with Gasteiger partial charge in [-0.25, -0.2) is 0 Å². The van der Waals surface area contributed by atoms with Gasteiger partial charge in [-0.2, -0.15) is 0 Å². The van der Waals surface area contributed by atoms with Crippen molar-refractivity contribution in [3.63, 3.8) is 0 Å². The molecular formula is C56H36N2S2. The van der Waals surface area contributed by atoms with Crippen LogP contribution in [0.1, 0.15) is 0 Å². The minimum absolute atomic E-state index is 1.13. The van der Waals surface area contributed by atoms with Crippen LogP contribution in [0.25, 0.3) is 73.0 Å². The number of hydrogen-bond acceptors (Lipinski definition) is 4. The van der Waals surface area contributed by atoms with Crippen molar-refractivity contribution in [3.8, 4) is 11.1 Å². The van der Waals surface area contributed by atoms with Crippen molar-refractivity contribution >= 4 is 119 Å². The number of fused-ring (bicyclic) bond motifs is 8. The Hall–Kier alpha value is -7.24. The first-order chi connectivity index (χ1) is 29.7. The summed E-state index contributed by atoms with van der Waals surface area (Å²) < 4.78 is 5.26. The van der Waals surface area contributed by atoms with Crippen LogP contribution in [-0.4, -0.2) is 0 Å². The van der Waals surface area contributed by atoms with Crippen LogP contribution >= 0.6 is 22.7 Å². The van der Waals surface area contributed by atoms with Crippen molar-refractivity contribution in [1.82, 2.24) is 0 Å². The van der Waals surface area contributed by atoms with E-state index in [-0.39, 0.29) is 0 Å². The zero-order valence-electron chi connectivity index (χ0n) is 32.5. The molecule has 0 fully saturated rings. The standard InChI is InChI=1S/C56H36N2S2/c1-3-11-43(12-4-1)57(47-27-29-55-51(35-47)49-15-7-9-17-53(49)59-55)45-25-23-39-31-37(19-21-41(39)33-45)38-20-22-42-34-46(26-24-40(42)32-38)58(44-13-5-2-6-14-44)48-28-30-56-52(36-48)50-16-8-10-18-54(50)60-56/h1-36H. The summed E-state index contributed by atoms with van der Waals surface area (Å²) in [6, 6.07) is 80.0. The highest BCUT2D eigenvalue weighted by atomic mass is 32.1. The van der Waals surface area contributed by atoms with Gasteiger partial charge in [0.05, 0.1) is 0 Å². The van der Waals surface area contributed by atoms with Crippen molar-refractivity contribution in [2.24, 2.45) is 0 Å². The lowest BCUT2D eigenvalue weighted by molar-refractivity contribution is 1.29. The van der Waals surface area contributed by atoms with Crippen LogP contribution < -0.4 is 9.80 Å². The highest BCUT2D eigenvalue weighted by Crippen LogP contribution is 2.43. The minimum Gasteiger partial charge on any atom is -0.310 e. The molecule has 0 aliphatic rings. The summed E-state index contributed by atoms with van der Waals surface area (Å²) in [5.41, 5.74) is 9.25. The third-order valence-electron chi connectivity index (χ3n) is 11.8. The summed E-state index contributed by atoms with van der Waals surface area (Å²) in [5.74, 6) is 0. The third kappa shape index (κ3) is 6.00. The second-order valence-corrected chi connectivity index (χ2v) is 17.6. The van der Waals surface area contributed by atoms with Gasteiger partial charge in [-0.05, 0) is 142 Å². The lowest BCUT2D eigenvalue weighted by Gasteiger charge is -2.26. The molecule has 12 rings (SSSR count). The first-order valence-electron chi connectivity index (χ1n) is 20.3. The Kier molecular flexibility index (Phi) is 8.25. The molecule has 10 aromatic carbocycles. The average Bonchev–Trinajstić information content (AvgIpc) is 3.87. The second kappa shape index (κ2) is 14.2. The van der Waals surface area contributed by atoms with E-state index in [1.54, 1.807) is 0 Å². The van der Waals surface area contributed by atoms with Crippen molar-refractivity contribution < 1.29 is 0 Å². The lowest BCUT2D eigenvalue weighted by Crippen LogP contribution is -2.09. The summed E-state index contributed by atoms with van der Waals surface area (Å²) in [4.78, 5) is 4.75. The Morgan fingerprint density at radius 1 is 0.233 bits per heavy atom. The summed E-state index contributed by atoms with van der Waals surface area (Å²) in [7, 11) is 0. The van der Waals surface area contributed by atoms with E-state index in [2.05, 4.69) is 228 Å². The van der Waals surface area contributed by atoms with E-state index < -0.39 is 0 Å². The van der Waals surface area contributed by atoms with E-state index in [0.717, 1.165) is 34.1 Å². The molecule has 2 heterocycles. The molecular weight excluding hydrogens is 765 g/mol. The van der Waals surface area contributed by atoms with Gasteiger partial charge in [-0.1, -0.05) is 109 Å². The van der Waals surface area contributed by atoms with Gasteiger partial charge in [0.25, 0.3) is 0 Å². The highest BCUT2D eigenvalue weighted by molar-refractivity contribution is 7.26. The van der Waals surface area contributed by atoms with Crippen LogP contribution in [0.4, 0.5) is 34.1 Å². The molecule has 12 aromatic rings. The smallest absolute Gasteiger partial charge is 0.0468 e. The Morgan fingerprint density at radius 3 is 1.05 bits per heavy atom. The number of hydrogen-bond donors (Lipinski definition) is 0. The minimum atomic E-state index is 1.13. The Labute approximate surface area is 356 Å². The number of para-hydroxylation sites is 2. The largest absolute Gasteiger partial charge is 0.310 e. The Bertz CT molecular complexity index is 3330. The van der Waals surface area contributed by atoms with Crippen molar-refractivity contribution in [2.75, 3.05) is 9.80 Å². The molecule has 0 saturated carbocycles. The molecule has 0 saturated heterocycles. The molecule has 0 amide bonds. The van der Waals surface area contributed by atoms with Gasteiger partial charge < -0.3 is 9.80 Å². The van der Waals surface area contributed by atoms with Gasteiger partial charge in [-0.15, -0.1) is 22.7 Å². The number of anilines is 6. The van der Waals surface area contributed by atoms with Crippen LogP contribution in [-0.2, 0) is 0 Å². The predicted octanol–water partition coefficient (Wildman–Crippen LogP) is 17.3. The maximum Gasteiger partial charge on any atom is 0.0468 e. The molecule has 0 aliphatic heterocycles. The normalized spacial score (nSPS) is 11.7. The van der Waals surface area contributed by atoms with Crippen LogP contribution in [0, 0.1) is 0 Å². The second-order valence-electron chi connectivity index (χ2n) is 15.4. The maximum atomic E-state index is 2.37. The summed E-state index contributed by atoms with van der Waals surface area (Å²) in [6.45, 7) is 0. The molecule has 0 aliphatic carbocycles. The summed E-state index contributed by atoms with van der Waals surface area (Å²) in [5, 5.41) is 10.1. The van der Waals surface area contributed by atoms with Gasteiger partial charge >= 0.3 is 0 Å². The van der Waals surface area contributed by atoms with Crippen molar-refractivity contribution in [1.29, 1.82) is 0 Å². The summed E-state index contributed by atoms with van der Waals surface area (Å²) in [6.07, 6.45) is 0. The van der Waals surface area contributed by atoms with E-state index in [1.807, 2.05) is 22.7 Å². The first kappa shape index (κ1) is 34.8. The van der Waals surface area contributed by atoms with Crippen molar-refractivity contribution in [2.45, 2.75) is 0 Å². The highest BCUT2D eigenvalue weighted by Gasteiger charge is 2.17. The molecule has 60 heavy (non-hydrogen) atoms. The van der Waals surface area contributed by atoms with Gasteiger partial charge in [-0.3, -0.25) is 0 Å². The van der Waals surface area contributed by atoms with E-state index >= 15 is 0 Å². The Balaban J connectivity index is 0.889. The SMILES string of the molecule is c1ccc(N(c2ccc3cc(-c4ccc5cc(N(c6ccccc6)c6ccc7sc8ccccc8c7c6)ccc5c4)ccc3c2)c2ccc3sc4ccccc4c3c2)cc1. The quantitative estimate of drug-likeness (QED) is 0.158. The molecule has 4 heteroatoms. The number of benzene rings is 10. The van der Waals surface area contributed by atoms with Crippen LogP contribution in [0.15, 0.2) is 218 Å². The van der Waals surface area contributed by atoms with E-state index in [1.165, 1.54) is 73.0 Å². The zero-order chi connectivity index (χ0) is 39.6. The molecule has 0 N–H and O–H groups in total. The fourth-order valence-corrected chi connectivity index (χ4v) is 11.0. The number of rotatable bonds is 7. The molecule has 0 spiro atoms.